The number of nitrogens with zero attached hydrogens (tertiary/aromatic N) is 1. The van der Waals surface area contributed by atoms with Gasteiger partial charge in [-0.15, -0.1) is 0 Å². The van der Waals surface area contributed by atoms with Gasteiger partial charge in [-0.25, -0.2) is 0 Å². The maximum absolute atomic E-state index is 13.2. The lowest BCUT2D eigenvalue weighted by Crippen LogP contribution is -2.13. The number of aliphatic imine (C=N–C) groups is 1. The second kappa shape index (κ2) is 7.09. The van der Waals surface area contributed by atoms with E-state index in [4.69, 9.17) is 5.11 Å². The van der Waals surface area contributed by atoms with Gasteiger partial charge in [0.05, 0.1) is 23.4 Å². The van der Waals surface area contributed by atoms with Crippen molar-refractivity contribution in [1.82, 2.24) is 4.98 Å². The lowest BCUT2D eigenvalue weighted by atomic mass is 10.1. The summed E-state index contributed by atoms with van der Waals surface area (Å²) in [6.45, 7) is -0.272. The molecular weight excluding hydrogens is 347 g/mol. The Kier molecular flexibility index (Phi) is 4.85. The van der Waals surface area contributed by atoms with Gasteiger partial charge in [0.1, 0.15) is 0 Å². The summed E-state index contributed by atoms with van der Waals surface area (Å²) in [7, 11) is 0. The molecule has 0 saturated heterocycles. The Bertz CT molecular complexity index is 948. The van der Waals surface area contributed by atoms with Crippen LogP contribution in [-0.4, -0.2) is 34.6 Å². The molecule has 136 valence electrons. The molecule has 0 bridgehead atoms. The molecule has 0 saturated carbocycles. The van der Waals surface area contributed by atoms with E-state index in [1.54, 1.807) is 24.3 Å². The normalized spacial score (nSPS) is 12.2. The Morgan fingerprint density at radius 2 is 1.92 bits per heavy atom. The number of H-pyrrole nitrogens is 1. The van der Waals surface area contributed by atoms with Crippen LogP contribution in [0.3, 0.4) is 0 Å². The minimum atomic E-state index is -4.56. The smallest absolute Gasteiger partial charge is 0.418 e. The van der Waals surface area contributed by atoms with Crippen LogP contribution in [0.1, 0.15) is 11.1 Å². The number of aromatic hydroxyl groups is 1. The molecule has 0 radical (unpaired) electrons. The van der Waals surface area contributed by atoms with Crippen molar-refractivity contribution in [1.29, 1.82) is 0 Å². The van der Waals surface area contributed by atoms with Crippen molar-refractivity contribution < 1.29 is 23.4 Å². The molecule has 0 unspecified atom stereocenters. The van der Waals surface area contributed by atoms with E-state index in [1.807, 2.05) is 0 Å². The van der Waals surface area contributed by atoms with Gasteiger partial charge in [0.2, 0.25) is 0 Å². The van der Waals surface area contributed by atoms with Crippen LogP contribution in [0.2, 0.25) is 0 Å². The maximum atomic E-state index is 13.2. The highest BCUT2D eigenvalue weighted by Gasteiger charge is 2.33. The predicted molar refractivity (Wildman–Crippen MR) is 94.2 cm³/mol. The zero-order valence-corrected chi connectivity index (χ0v) is 13.5. The third-order valence-corrected chi connectivity index (χ3v) is 3.80. The first kappa shape index (κ1) is 17.8. The highest BCUT2D eigenvalue weighted by atomic mass is 19.4. The molecule has 4 N–H and O–H groups in total. The van der Waals surface area contributed by atoms with Crippen LogP contribution in [0.25, 0.3) is 10.9 Å². The van der Waals surface area contributed by atoms with Gasteiger partial charge in [-0.1, -0.05) is 18.2 Å². The fourth-order valence-electron chi connectivity index (χ4n) is 2.61. The number of anilines is 1. The van der Waals surface area contributed by atoms with E-state index in [-0.39, 0.29) is 30.4 Å². The van der Waals surface area contributed by atoms with Crippen LogP contribution < -0.4 is 5.32 Å². The van der Waals surface area contributed by atoms with E-state index in [0.29, 0.717) is 16.5 Å². The monoisotopic (exact) mass is 363 g/mol. The molecule has 0 aliphatic heterocycles. The van der Waals surface area contributed by atoms with Gasteiger partial charge in [0.15, 0.2) is 5.88 Å². The number of halogens is 3. The highest BCUT2D eigenvalue weighted by molar-refractivity contribution is 6.02. The van der Waals surface area contributed by atoms with E-state index >= 15 is 0 Å². The summed E-state index contributed by atoms with van der Waals surface area (Å²) in [5.41, 5.74) is 0.198. The van der Waals surface area contributed by atoms with Gasteiger partial charge in [-0.05, 0) is 24.3 Å². The molecule has 0 amide bonds. The van der Waals surface area contributed by atoms with E-state index in [2.05, 4.69) is 15.3 Å². The van der Waals surface area contributed by atoms with Crippen LogP contribution in [0, 0.1) is 0 Å². The first-order valence-electron chi connectivity index (χ1n) is 7.80. The molecule has 1 aromatic heterocycles. The Labute approximate surface area is 146 Å². The standard InChI is InChI=1S/C18H16F3N3O2/c19-18(20,21)14-9-11(5-6-16(14)22-7-8-25)23-10-13-12-3-1-2-4-15(12)24-17(13)26/h1-6,9-10,22,24-26H,7-8H2. The van der Waals surface area contributed by atoms with Gasteiger partial charge in [0.25, 0.3) is 0 Å². The van der Waals surface area contributed by atoms with E-state index in [1.165, 1.54) is 18.3 Å². The number of nitrogens with one attached hydrogen (secondary N) is 2. The SMILES string of the molecule is OCCNc1ccc(N=Cc2c(O)[nH]c3ccccc23)cc1C(F)(F)F. The fraction of sp³-hybridized carbons (Fsp3) is 0.167. The Morgan fingerprint density at radius 1 is 1.15 bits per heavy atom. The molecule has 1 heterocycles. The lowest BCUT2D eigenvalue weighted by Gasteiger charge is -2.14. The zero-order chi connectivity index (χ0) is 18.7. The van der Waals surface area contributed by atoms with Crippen molar-refractivity contribution in [3.63, 3.8) is 0 Å². The minimum absolute atomic E-state index is 0.00884. The van der Waals surface area contributed by atoms with E-state index in [0.717, 1.165) is 6.07 Å². The quantitative estimate of drug-likeness (QED) is 0.516. The number of benzene rings is 2. The van der Waals surface area contributed by atoms with Crippen molar-refractivity contribution in [2.45, 2.75) is 6.18 Å². The molecule has 3 rings (SSSR count). The van der Waals surface area contributed by atoms with Gasteiger partial charge >= 0.3 is 6.18 Å². The van der Waals surface area contributed by atoms with Gasteiger partial charge in [-0.2, -0.15) is 13.2 Å². The summed E-state index contributed by atoms with van der Waals surface area (Å²) in [4.78, 5) is 6.85. The average molecular weight is 363 g/mol. The summed E-state index contributed by atoms with van der Waals surface area (Å²) in [6.07, 6.45) is -3.24. The molecule has 0 aliphatic rings. The largest absolute Gasteiger partial charge is 0.494 e. The van der Waals surface area contributed by atoms with Crippen LogP contribution >= 0.6 is 0 Å². The molecule has 0 fully saturated rings. The molecule has 3 aromatic rings. The predicted octanol–water partition coefficient (Wildman–Crippen LogP) is 4.05. The third kappa shape index (κ3) is 3.65. The number of rotatable bonds is 5. The van der Waals surface area contributed by atoms with E-state index in [9.17, 15) is 18.3 Å². The molecule has 0 aliphatic carbocycles. The molecule has 2 aromatic carbocycles. The van der Waals surface area contributed by atoms with Gasteiger partial charge in [0, 0.05) is 29.3 Å². The maximum Gasteiger partial charge on any atom is 0.418 e. The number of alkyl halides is 3. The minimum Gasteiger partial charge on any atom is -0.494 e. The van der Waals surface area contributed by atoms with Crippen molar-refractivity contribution in [3.05, 3.63) is 53.6 Å². The molecule has 8 heteroatoms. The topological polar surface area (TPSA) is 80.6 Å². The number of hydrogen-bond donors (Lipinski definition) is 4. The number of aliphatic hydroxyl groups excluding tert-OH is 1. The third-order valence-electron chi connectivity index (χ3n) is 3.80. The summed E-state index contributed by atoms with van der Waals surface area (Å²) < 4.78 is 39.7. The van der Waals surface area contributed by atoms with E-state index < -0.39 is 11.7 Å². The molecule has 0 spiro atoms. The molecule has 26 heavy (non-hydrogen) atoms. The second-order valence-corrected chi connectivity index (χ2v) is 5.57. The van der Waals surface area contributed by atoms with Crippen LogP contribution in [0.4, 0.5) is 24.5 Å². The summed E-state index contributed by atoms with van der Waals surface area (Å²) in [5.74, 6) is -0.104. The van der Waals surface area contributed by atoms with Crippen LogP contribution in [0.15, 0.2) is 47.5 Å². The fourth-order valence-corrected chi connectivity index (χ4v) is 2.61. The number of para-hydroxylation sites is 1. The number of fused-ring (bicyclic) bond motifs is 1. The molecule has 0 atom stereocenters. The van der Waals surface area contributed by atoms with Crippen molar-refractivity contribution in [3.8, 4) is 5.88 Å². The Balaban J connectivity index is 1.96. The van der Waals surface area contributed by atoms with Crippen molar-refractivity contribution in [2.24, 2.45) is 4.99 Å². The summed E-state index contributed by atoms with van der Waals surface area (Å²) >= 11 is 0. The second-order valence-electron chi connectivity index (χ2n) is 5.57. The van der Waals surface area contributed by atoms with Crippen molar-refractivity contribution >= 4 is 28.5 Å². The lowest BCUT2D eigenvalue weighted by molar-refractivity contribution is -0.136. The highest BCUT2D eigenvalue weighted by Crippen LogP contribution is 2.37. The van der Waals surface area contributed by atoms with Gasteiger partial charge < -0.3 is 20.5 Å². The first-order chi connectivity index (χ1) is 12.4. The van der Waals surface area contributed by atoms with Crippen molar-refractivity contribution in [2.75, 3.05) is 18.5 Å². The Hall–Kier alpha value is -3.00. The van der Waals surface area contributed by atoms with Crippen LogP contribution in [-0.2, 0) is 6.18 Å². The number of hydrogen-bond acceptors (Lipinski definition) is 4. The average Bonchev–Trinajstić information content (AvgIpc) is 2.93. The summed E-state index contributed by atoms with van der Waals surface area (Å²) in [5, 5.41) is 22.0. The summed E-state index contributed by atoms with van der Waals surface area (Å²) in [6, 6.07) is 10.7. The molecule has 5 nitrogen and oxygen atoms in total. The first-order valence-corrected chi connectivity index (χ1v) is 7.80. The van der Waals surface area contributed by atoms with Gasteiger partial charge in [-0.3, -0.25) is 4.99 Å². The Morgan fingerprint density at radius 3 is 2.65 bits per heavy atom. The van der Waals surface area contributed by atoms with Crippen LogP contribution in [0.5, 0.6) is 5.88 Å². The number of aromatic amines is 1. The molecular formula is C18H16F3N3O2. The number of aromatic nitrogens is 1. The zero-order valence-electron chi connectivity index (χ0n) is 13.5. The number of aliphatic hydroxyl groups is 1.